The maximum Gasteiger partial charge on any atom is 0.268 e. The van der Waals surface area contributed by atoms with E-state index in [2.05, 4.69) is 14.9 Å². The summed E-state index contributed by atoms with van der Waals surface area (Å²) in [5.41, 5.74) is 0. The van der Waals surface area contributed by atoms with Crippen LogP contribution in [0.3, 0.4) is 0 Å². The zero-order valence-corrected chi connectivity index (χ0v) is 12.7. The molecule has 0 amide bonds. The van der Waals surface area contributed by atoms with Gasteiger partial charge in [-0.2, -0.15) is 4.98 Å². The Kier molecular flexibility index (Phi) is 4.07. The molecule has 1 saturated carbocycles. The molecular weight excluding hydrogens is 314 g/mol. The minimum atomic E-state index is -3.57. The Morgan fingerprint density at radius 3 is 3.00 bits per heavy atom. The second-order valence-electron chi connectivity index (χ2n) is 4.90. The molecule has 114 valence electrons. The van der Waals surface area contributed by atoms with Crippen LogP contribution >= 0.6 is 11.3 Å². The van der Waals surface area contributed by atoms with E-state index in [4.69, 9.17) is 4.52 Å². The first-order valence-electron chi connectivity index (χ1n) is 6.59. The molecule has 0 spiro atoms. The quantitative estimate of drug-likeness (QED) is 0.852. The van der Waals surface area contributed by atoms with Crippen molar-refractivity contribution in [2.24, 2.45) is 0 Å². The first-order chi connectivity index (χ1) is 10.1. The summed E-state index contributed by atoms with van der Waals surface area (Å²) in [6.07, 6.45) is 0.922. The molecule has 3 rings (SSSR count). The third-order valence-electron chi connectivity index (χ3n) is 3.45. The van der Waals surface area contributed by atoms with Gasteiger partial charge in [-0.25, -0.2) is 13.1 Å². The van der Waals surface area contributed by atoms with Crippen molar-refractivity contribution in [3.05, 3.63) is 23.3 Å². The second-order valence-corrected chi connectivity index (χ2v) is 7.83. The van der Waals surface area contributed by atoms with E-state index in [9.17, 15) is 13.5 Å². The molecule has 1 aliphatic rings. The lowest BCUT2D eigenvalue weighted by atomic mass is 10.3. The van der Waals surface area contributed by atoms with Gasteiger partial charge in [-0.05, 0) is 30.7 Å². The number of aliphatic hydroxyl groups is 1. The van der Waals surface area contributed by atoms with E-state index in [1.54, 1.807) is 0 Å². The molecular formula is C12H15N3O4S2. The summed E-state index contributed by atoms with van der Waals surface area (Å²) in [7, 11) is -3.57. The predicted molar refractivity (Wildman–Crippen MR) is 77.0 cm³/mol. The molecule has 21 heavy (non-hydrogen) atoms. The minimum absolute atomic E-state index is 0.0412. The van der Waals surface area contributed by atoms with Gasteiger partial charge in [0.05, 0.1) is 17.5 Å². The summed E-state index contributed by atoms with van der Waals surface area (Å²) in [5, 5.41) is 14.6. The molecule has 2 N–H and O–H groups in total. The van der Waals surface area contributed by atoms with Crippen LogP contribution < -0.4 is 4.72 Å². The van der Waals surface area contributed by atoms with Gasteiger partial charge < -0.3 is 9.63 Å². The first kappa shape index (κ1) is 14.6. The Morgan fingerprint density at radius 1 is 1.48 bits per heavy atom. The van der Waals surface area contributed by atoms with Crippen molar-refractivity contribution in [2.45, 2.75) is 37.2 Å². The van der Waals surface area contributed by atoms with Crippen LogP contribution in [0, 0.1) is 0 Å². The van der Waals surface area contributed by atoms with Gasteiger partial charge in [0.15, 0.2) is 5.82 Å². The largest absolute Gasteiger partial charge is 0.392 e. The zero-order valence-electron chi connectivity index (χ0n) is 11.1. The number of aromatic nitrogens is 2. The van der Waals surface area contributed by atoms with Crippen LogP contribution in [0.4, 0.5) is 0 Å². The smallest absolute Gasteiger partial charge is 0.268 e. The number of nitrogens with zero attached hydrogens (tertiary/aromatic N) is 2. The van der Waals surface area contributed by atoms with Crippen LogP contribution in [-0.2, 0) is 16.6 Å². The lowest BCUT2D eigenvalue weighted by Crippen LogP contribution is -2.38. The number of nitrogens with one attached hydrogen (secondary N) is 1. The van der Waals surface area contributed by atoms with E-state index in [0.717, 1.165) is 11.3 Å². The molecule has 2 atom stereocenters. The monoisotopic (exact) mass is 329 g/mol. The van der Waals surface area contributed by atoms with Gasteiger partial charge in [0, 0.05) is 0 Å². The summed E-state index contributed by atoms with van der Waals surface area (Å²) in [6, 6.07) is 3.72. The lowest BCUT2D eigenvalue weighted by molar-refractivity contribution is 0.184. The molecule has 0 aliphatic heterocycles. The standard InChI is InChI=1S/C12H15N3O4S2/c16-8-3-1-5-10(8)21(17,18)13-7-11-14-12(19-15-11)9-4-2-6-20-9/h2,4,6,8,10,13,16H,1,3,5,7H2. The third-order valence-corrected chi connectivity index (χ3v) is 6.20. The van der Waals surface area contributed by atoms with Crippen molar-refractivity contribution < 1.29 is 18.0 Å². The average molecular weight is 329 g/mol. The predicted octanol–water partition coefficient (Wildman–Crippen LogP) is 1.13. The fraction of sp³-hybridized carbons (Fsp3) is 0.500. The Balaban J connectivity index is 1.65. The Morgan fingerprint density at radius 2 is 2.33 bits per heavy atom. The Labute approximate surface area is 126 Å². The topological polar surface area (TPSA) is 105 Å². The summed E-state index contributed by atoms with van der Waals surface area (Å²) < 4.78 is 31.7. The molecule has 0 radical (unpaired) electrons. The normalized spacial score (nSPS) is 22.7. The van der Waals surface area contributed by atoms with Gasteiger partial charge in [-0.3, -0.25) is 0 Å². The molecule has 2 heterocycles. The van der Waals surface area contributed by atoms with Crippen LogP contribution in [0.25, 0.3) is 10.8 Å². The van der Waals surface area contributed by atoms with Crippen LogP contribution in [0.15, 0.2) is 22.0 Å². The second kappa shape index (κ2) is 5.84. The third kappa shape index (κ3) is 3.15. The van der Waals surface area contributed by atoms with Gasteiger partial charge in [-0.1, -0.05) is 11.2 Å². The number of hydrogen-bond donors (Lipinski definition) is 2. The Hall–Kier alpha value is -1.29. The van der Waals surface area contributed by atoms with Gasteiger partial charge in [0.1, 0.15) is 5.25 Å². The summed E-state index contributed by atoms with van der Waals surface area (Å²) >= 11 is 1.47. The molecule has 0 saturated heterocycles. The number of hydrogen-bond acceptors (Lipinski definition) is 7. The summed E-state index contributed by atoms with van der Waals surface area (Å²) in [5.74, 6) is 0.648. The molecule has 0 bridgehead atoms. The minimum Gasteiger partial charge on any atom is -0.392 e. The van der Waals surface area contributed by atoms with Crippen LogP contribution in [0.5, 0.6) is 0 Å². The molecule has 9 heteroatoms. The van der Waals surface area contributed by atoms with E-state index < -0.39 is 21.4 Å². The SMILES string of the molecule is O=S(=O)(NCc1noc(-c2cccs2)n1)C1CCCC1O. The van der Waals surface area contributed by atoms with E-state index >= 15 is 0 Å². The van der Waals surface area contributed by atoms with Crippen LogP contribution in [0.2, 0.25) is 0 Å². The van der Waals surface area contributed by atoms with E-state index in [0.29, 0.717) is 18.7 Å². The molecule has 2 unspecified atom stereocenters. The van der Waals surface area contributed by atoms with Crippen molar-refractivity contribution in [1.82, 2.24) is 14.9 Å². The van der Waals surface area contributed by atoms with Crippen molar-refractivity contribution in [1.29, 1.82) is 0 Å². The van der Waals surface area contributed by atoms with Crippen LogP contribution in [-0.4, -0.2) is 35.0 Å². The van der Waals surface area contributed by atoms with Gasteiger partial charge in [0.25, 0.3) is 5.89 Å². The van der Waals surface area contributed by atoms with Crippen LogP contribution in [0.1, 0.15) is 25.1 Å². The summed E-state index contributed by atoms with van der Waals surface area (Å²) in [4.78, 5) is 4.98. The molecule has 7 nitrogen and oxygen atoms in total. The first-order valence-corrected chi connectivity index (χ1v) is 9.02. The van der Waals surface area contributed by atoms with E-state index in [1.807, 2.05) is 17.5 Å². The number of thiophene rings is 1. The van der Waals surface area contributed by atoms with Crippen molar-refractivity contribution in [3.8, 4) is 10.8 Å². The van der Waals surface area contributed by atoms with E-state index in [-0.39, 0.29) is 12.4 Å². The highest BCUT2D eigenvalue weighted by molar-refractivity contribution is 7.90. The van der Waals surface area contributed by atoms with Gasteiger partial charge in [0.2, 0.25) is 10.0 Å². The number of sulfonamides is 1. The maximum absolute atomic E-state index is 12.1. The molecule has 1 fully saturated rings. The fourth-order valence-electron chi connectivity index (χ4n) is 2.37. The zero-order chi connectivity index (χ0) is 14.9. The molecule has 2 aromatic rings. The molecule has 2 aromatic heterocycles. The fourth-order valence-corrected chi connectivity index (χ4v) is 4.58. The highest BCUT2D eigenvalue weighted by Gasteiger charge is 2.36. The number of aliphatic hydroxyl groups excluding tert-OH is 1. The molecule has 1 aliphatic carbocycles. The number of rotatable bonds is 5. The van der Waals surface area contributed by atoms with Crippen molar-refractivity contribution in [3.63, 3.8) is 0 Å². The van der Waals surface area contributed by atoms with Crippen molar-refractivity contribution in [2.75, 3.05) is 0 Å². The van der Waals surface area contributed by atoms with E-state index in [1.165, 1.54) is 11.3 Å². The Bertz CT molecular complexity index is 696. The van der Waals surface area contributed by atoms with Crippen molar-refractivity contribution >= 4 is 21.4 Å². The van der Waals surface area contributed by atoms with Gasteiger partial charge >= 0.3 is 0 Å². The summed E-state index contributed by atoms with van der Waals surface area (Å²) in [6.45, 7) is -0.0412. The average Bonchev–Trinajstić information content (AvgIpc) is 3.17. The maximum atomic E-state index is 12.1. The lowest BCUT2D eigenvalue weighted by Gasteiger charge is -2.15. The highest BCUT2D eigenvalue weighted by Crippen LogP contribution is 2.25. The van der Waals surface area contributed by atoms with Gasteiger partial charge in [-0.15, -0.1) is 11.3 Å². The highest BCUT2D eigenvalue weighted by atomic mass is 32.2. The molecule has 0 aromatic carbocycles.